The van der Waals surface area contributed by atoms with Gasteiger partial charge < -0.3 is 41.7 Å². The van der Waals surface area contributed by atoms with Gasteiger partial charge in [-0.05, 0) is 66.7 Å². The summed E-state index contributed by atoms with van der Waals surface area (Å²) in [6.45, 7) is 0.750. The molecule has 1 unspecified atom stereocenters. The maximum atomic E-state index is 12.6. The molecule has 0 aliphatic rings. The number of carboxylic acid groups (broad SMARTS) is 2. The van der Waals surface area contributed by atoms with Crippen LogP contribution in [-0.2, 0) is 28.6 Å². The van der Waals surface area contributed by atoms with Crippen molar-refractivity contribution in [3.05, 3.63) is 138 Å². The standard InChI is InChI=1S/C17H18F3NO.2C11H12N2O2/c1-21-12-11-16(13-5-3-2-4-6-13)22-15-9-7-14(8-10-15)17(18,19)20;2*12-9(11(14)15)5-7-6-13-10-4-2-1-3-8(7)10/h2-10,16,21H,11-12H2,1H3;2*1-4,6,9,13H,5,12H2,(H,14,15)/t;2*9-/m.00/s1. The van der Waals surface area contributed by atoms with Crippen molar-refractivity contribution in [2.24, 2.45) is 11.5 Å². The zero-order chi connectivity index (χ0) is 37.7. The summed E-state index contributed by atoms with van der Waals surface area (Å²) in [6, 6.07) is 28.3. The summed E-state index contributed by atoms with van der Waals surface area (Å²) in [6.07, 6.45) is 0.510. The van der Waals surface area contributed by atoms with Gasteiger partial charge in [0, 0.05) is 53.5 Å². The van der Waals surface area contributed by atoms with Gasteiger partial charge in [-0.25, -0.2) is 0 Å². The van der Waals surface area contributed by atoms with Gasteiger partial charge in [0.1, 0.15) is 23.9 Å². The van der Waals surface area contributed by atoms with Crippen LogP contribution in [0.3, 0.4) is 0 Å². The first-order valence-electron chi connectivity index (χ1n) is 16.5. The molecule has 274 valence electrons. The molecule has 2 aromatic heterocycles. The second kappa shape index (κ2) is 18.6. The number of nitrogens with one attached hydrogen (secondary N) is 3. The van der Waals surface area contributed by atoms with Gasteiger partial charge in [-0.2, -0.15) is 13.2 Å². The number of fused-ring (bicyclic) bond motifs is 2. The summed E-state index contributed by atoms with van der Waals surface area (Å²) < 4.78 is 43.6. The second-order valence-electron chi connectivity index (χ2n) is 11.9. The molecule has 52 heavy (non-hydrogen) atoms. The predicted molar refractivity (Wildman–Crippen MR) is 195 cm³/mol. The monoisotopic (exact) mass is 717 g/mol. The minimum Gasteiger partial charge on any atom is -0.486 e. The van der Waals surface area contributed by atoms with E-state index in [0.29, 0.717) is 18.6 Å². The van der Waals surface area contributed by atoms with E-state index in [4.69, 9.17) is 26.4 Å². The number of carbonyl (C=O) groups is 2. The first-order valence-corrected chi connectivity index (χ1v) is 16.5. The first-order chi connectivity index (χ1) is 24.9. The summed E-state index contributed by atoms with van der Waals surface area (Å²) >= 11 is 0. The van der Waals surface area contributed by atoms with E-state index >= 15 is 0 Å². The molecule has 0 bridgehead atoms. The Balaban J connectivity index is 0.000000179. The fourth-order valence-electron chi connectivity index (χ4n) is 5.37. The van der Waals surface area contributed by atoms with Gasteiger partial charge in [-0.1, -0.05) is 66.7 Å². The lowest BCUT2D eigenvalue weighted by atomic mass is 10.1. The van der Waals surface area contributed by atoms with Crippen molar-refractivity contribution in [3.63, 3.8) is 0 Å². The van der Waals surface area contributed by atoms with Crippen LogP contribution in [0, 0.1) is 0 Å². The van der Waals surface area contributed by atoms with E-state index < -0.39 is 35.8 Å². The Morgan fingerprint density at radius 1 is 0.731 bits per heavy atom. The van der Waals surface area contributed by atoms with Crippen LogP contribution in [0.25, 0.3) is 21.8 Å². The number of rotatable bonds is 12. The number of aromatic amines is 2. The van der Waals surface area contributed by atoms with Crippen molar-refractivity contribution >= 4 is 33.7 Å². The highest BCUT2D eigenvalue weighted by molar-refractivity contribution is 5.85. The lowest BCUT2D eigenvalue weighted by molar-refractivity contribution is -0.139. The number of halogens is 3. The van der Waals surface area contributed by atoms with Gasteiger partial charge in [-0.3, -0.25) is 9.59 Å². The van der Waals surface area contributed by atoms with Crippen LogP contribution in [0.5, 0.6) is 5.75 Å². The van der Waals surface area contributed by atoms with Crippen LogP contribution in [0.1, 0.15) is 34.8 Å². The summed E-state index contributed by atoms with van der Waals surface area (Å²) in [5.74, 6) is -1.52. The molecular formula is C39H42F3N5O5. The molecule has 0 saturated heterocycles. The quantitative estimate of drug-likeness (QED) is 0.0733. The Morgan fingerprint density at radius 3 is 1.63 bits per heavy atom. The molecule has 0 aliphatic carbocycles. The van der Waals surface area contributed by atoms with Crippen molar-refractivity contribution < 1.29 is 37.7 Å². The highest BCUT2D eigenvalue weighted by atomic mass is 19.4. The third-order valence-electron chi connectivity index (χ3n) is 8.15. The largest absolute Gasteiger partial charge is 0.486 e. The molecule has 9 N–H and O–H groups in total. The Hall–Kier alpha value is -5.63. The van der Waals surface area contributed by atoms with Gasteiger partial charge in [0.2, 0.25) is 0 Å². The number of H-pyrrole nitrogens is 2. The highest BCUT2D eigenvalue weighted by Crippen LogP contribution is 2.32. The maximum absolute atomic E-state index is 12.6. The van der Waals surface area contributed by atoms with E-state index in [1.165, 1.54) is 12.1 Å². The summed E-state index contributed by atoms with van der Waals surface area (Å²) in [5.41, 5.74) is 15.2. The molecule has 0 amide bonds. The summed E-state index contributed by atoms with van der Waals surface area (Å²) in [4.78, 5) is 27.4. The molecule has 2 heterocycles. The third kappa shape index (κ3) is 11.2. The Bertz CT molecular complexity index is 1920. The number of benzene rings is 4. The third-order valence-corrected chi connectivity index (χ3v) is 8.15. The number of ether oxygens (including phenoxy) is 1. The lowest BCUT2D eigenvalue weighted by Gasteiger charge is -2.20. The molecule has 0 spiro atoms. The summed E-state index contributed by atoms with van der Waals surface area (Å²) in [7, 11) is 1.85. The van der Waals surface area contributed by atoms with Gasteiger partial charge in [0.05, 0.1) is 5.56 Å². The average molecular weight is 718 g/mol. The number of alkyl halides is 3. The Kier molecular flexibility index (Phi) is 14.0. The zero-order valence-electron chi connectivity index (χ0n) is 28.4. The first kappa shape index (κ1) is 39.2. The van der Waals surface area contributed by atoms with E-state index in [-0.39, 0.29) is 6.10 Å². The fourth-order valence-corrected chi connectivity index (χ4v) is 5.37. The predicted octanol–water partition coefficient (Wildman–Crippen LogP) is 6.68. The van der Waals surface area contributed by atoms with Crippen LogP contribution in [-0.4, -0.2) is 57.8 Å². The normalized spacial score (nSPS) is 12.9. The summed E-state index contributed by atoms with van der Waals surface area (Å²) in [5, 5.41) is 22.6. The van der Waals surface area contributed by atoms with E-state index in [2.05, 4.69) is 15.3 Å². The van der Waals surface area contributed by atoms with Crippen molar-refractivity contribution in [1.29, 1.82) is 0 Å². The molecular weight excluding hydrogens is 675 g/mol. The number of aliphatic carboxylic acids is 2. The van der Waals surface area contributed by atoms with Crippen LogP contribution in [0.2, 0.25) is 0 Å². The number of aromatic nitrogens is 2. The van der Waals surface area contributed by atoms with Gasteiger partial charge in [-0.15, -0.1) is 0 Å². The fraction of sp³-hybridized carbons (Fsp3) is 0.231. The molecule has 0 radical (unpaired) electrons. The molecule has 0 aliphatic heterocycles. The van der Waals surface area contributed by atoms with Crippen LogP contribution >= 0.6 is 0 Å². The number of nitrogens with two attached hydrogens (primary N) is 2. The zero-order valence-corrected chi connectivity index (χ0v) is 28.4. The Morgan fingerprint density at radius 2 is 1.19 bits per heavy atom. The maximum Gasteiger partial charge on any atom is 0.416 e. The van der Waals surface area contributed by atoms with Crippen molar-refractivity contribution in [1.82, 2.24) is 15.3 Å². The van der Waals surface area contributed by atoms with Gasteiger partial charge >= 0.3 is 18.1 Å². The van der Waals surface area contributed by atoms with E-state index in [1.807, 2.05) is 98.3 Å². The molecule has 0 saturated carbocycles. The number of carboxylic acids is 2. The molecule has 3 atom stereocenters. The number of hydrogen-bond acceptors (Lipinski definition) is 6. The van der Waals surface area contributed by atoms with Gasteiger partial charge in [0.25, 0.3) is 0 Å². The Labute approximate surface area is 298 Å². The molecule has 0 fully saturated rings. The van der Waals surface area contributed by atoms with Crippen LogP contribution in [0.4, 0.5) is 13.2 Å². The molecule has 6 rings (SSSR count). The number of para-hydroxylation sites is 2. The van der Waals surface area contributed by atoms with Crippen LogP contribution < -0.4 is 21.5 Å². The van der Waals surface area contributed by atoms with Crippen molar-refractivity contribution in [3.8, 4) is 5.75 Å². The van der Waals surface area contributed by atoms with Crippen LogP contribution in [0.15, 0.2) is 116 Å². The van der Waals surface area contributed by atoms with E-state index in [0.717, 1.165) is 63.6 Å². The van der Waals surface area contributed by atoms with Crippen molar-refractivity contribution in [2.45, 2.75) is 43.6 Å². The minimum absolute atomic E-state index is 0.203. The minimum atomic E-state index is -4.33. The van der Waals surface area contributed by atoms with Crippen molar-refractivity contribution in [2.75, 3.05) is 13.6 Å². The average Bonchev–Trinajstić information content (AvgIpc) is 3.74. The van der Waals surface area contributed by atoms with E-state index in [9.17, 15) is 22.8 Å². The molecule has 6 aromatic rings. The molecule has 13 heteroatoms. The SMILES string of the molecule is CNCCC(Oc1ccc(C(F)(F)F)cc1)c1ccccc1.N[C@@H](Cc1c[nH]c2ccccc12)C(=O)O.N[C@@H](Cc1c[nH]c2ccccc12)C(=O)O. The second-order valence-corrected chi connectivity index (χ2v) is 11.9. The highest BCUT2D eigenvalue weighted by Gasteiger charge is 2.30. The smallest absolute Gasteiger partial charge is 0.416 e. The molecule has 10 nitrogen and oxygen atoms in total. The van der Waals surface area contributed by atoms with Gasteiger partial charge in [0.15, 0.2) is 0 Å². The topological polar surface area (TPSA) is 179 Å². The van der Waals surface area contributed by atoms with E-state index in [1.54, 1.807) is 0 Å². The lowest BCUT2D eigenvalue weighted by Crippen LogP contribution is -2.32. The number of hydrogen-bond donors (Lipinski definition) is 7. The molecule has 4 aromatic carbocycles.